The van der Waals surface area contributed by atoms with E-state index in [-0.39, 0.29) is 34.5 Å². The van der Waals surface area contributed by atoms with Crippen LogP contribution in [-0.4, -0.2) is 40.1 Å². The number of hydrogen-bond donors (Lipinski definition) is 2. The first-order valence-electron chi connectivity index (χ1n) is 10.4. The van der Waals surface area contributed by atoms with Crippen molar-refractivity contribution < 1.29 is 19.4 Å². The molecule has 2 aromatic rings. The highest BCUT2D eigenvalue weighted by Crippen LogP contribution is 2.63. The number of fused-ring (bicyclic) bond motifs is 1. The highest BCUT2D eigenvalue weighted by Gasteiger charge is 2.58. The van der Waals surface area contributed by atoms with Crippen LogP contribution in [0.1, 0.15) is 53.9 Å². The van der Waals surface area contributed by atoms with Crippen LogP contribution < -0.4 is 15.4 Å². The Kier molecular flexibility index (Phi) is 4.38. The van der Waals surface area contributed by atoms with Gasteiger partial charge in [0.1, 0.15) is 24.3 Å². The van der Waals surface area contributed by atoms with E-state index in [1.165, 1.54) is 11.9 Å². The number of carboxylic acids is 1. The maximum Gasteiger partial charge on any atom is 0.307 e. The smallest absolute Gasteiger partial charge is 0.307 e. The second kappa shape index (κ2) is 6.97. The molecule has 1 atom stereocenters. The lowest BCUT2D eigenvalue weighted by Crippen LogP contribution is -2.32. The summed E-state index contributed by atoms with van der Waals surface area (Å²) < 4.78 is 5.59. The number of aromatic nitrogens is 2. The quantitative estimate of drug-likeness (QED) is 0.801. The summed E-state index contributed by atoms with van der Waals surface area (Å²) in [7, 11) is 0. The van der Waals surface area contributed by atoms with Crippen LogP contribution in [0.4, 0.5) is 11.5 Å². The van der Waals surface area contributed by atoms with Gasteiger partial charge in [0.05, 0.1) is 12.5 Å². The number of rotatable bonds is 3. The molecule has 2 fully saturated rings. The van der Waals surface area contributed by atoms with Crippen LogP contribution in [0.2, 0.25) is 0 Å². The number of anilines is 2. The van der Waals surface area contributed by atoms with Gasteiger partial charge in [0.2, 0.25) is 5.88 Å². The third-order valence-electron chi connectivity index (χ3n) is 7.00. The van der Waals surface area contributed by atoms with E-state index in [0.29, 0.717) is 19.1 Å². The number of carbonyl (C=O) groups is 2. The molecule has 1 aliphatic heterocycles. The lowest BCUT2D eigenvalue weighted by Gasteiger charge is -2.29. The van der Waals surface area contributed by atoms with Crippen molar-refractivity contribution in [3.05, 3.63) is 41.7 Å². The van der Waals surface area contributed by atoms with Crippen LogP contribution in [0.3, 0.4) is 0 Å². The minimum absolute atomic E-state index is 0.0517. The molecule has 1 aromatic heterocycles. The van der Waals surface area contributed by atoms with Gasteiger partial charge in [-0.1, -0.05) is 12.1 Å². The summed E-state index contributed by atoms with van der Waals surface area (Å²) in [5, 5.41) is 9.27. The van der Waals surface area contributed by atoms with E-state index in [0.717, 1.165) is 37.8 Å². The maximum absolute atomic E-state index is 13.0. The molecule has 3 N–H and O–H groups in total. The first kappa shape index (κ1) is 18.8. The molecule has 1 aromatic carbocycles. The highest BCUT2D eigenvalue weighted by atomic mass is 16.5. The van der Waals surface area contributed by atoms with Gasteiger partial charge in [-0.25, -0.2) is 9.97 Å². The standard InChI is InChI=1S/C22H24N4O4/c23-18-17-19(25-12-24-18)30-10-9-26(20(17)27)15-3-1-13(2-4-15)14-5-7-22(8-6-14)11-16(22)21(28)29/h1-4,12,14,16H,5-11H2,(H,28,29)(H2,23,24,25)/t14?,16-,22?/m0/s1. The van der Waals surface area contributed by atoms with Crippen molar-refractivity contribution in [1.29, 1.82) is 0 Å². The Bertz CT molecular complexity index is 999. The molecule has 30 heavy (non-hydrogen) atoms. The molecule has 0 bridgehead atoms. The zero-order valence-electron chi connectivity index (χ0n) is 16.6. The van der Waals surface area contributed by atoms with Crippen molar-refractivity contribution in [1.82, 2.24) is 9.97 Å². The topological polar surface area (TPSA) is 119 Å². The average Bonchev–Trinajstić information content (AvgIpc) is 3.48. The van der Waals surface area contributed by atoms with Crippen LogP contribution >= 0.6 is 0 Å². The van der Waals surface area contributed by atoms with Crippen molar-refractivity contribution >= 4 is 23.4 Å². The number of ether oxygens (including phenoxy) is 1. The largest absolute Gasteiger partial charge is 0.481 e. The molecule has 1 spiro atoms. The van der Waals surface area contributed by atoms with E-state index in [4.69, 9.17) is 10.5 Å². The predicted octanol–water partition coefficient (Wildman–Crippen LogP) is 2.85. The molecule has 2 heterocycles. The number of aliphatic carboxylic acids is 1. The Balaban J connectivity index is 1.30. The first-order chi connectivity index (χ1) is 14.5. The summed E-state index contributed by atoms with van der Waals surface area (Å²) in [5.41, 5.74) is 8.18. The van der Waals surface area contributed by atoms with Crippen LogP contribution in [0.5, 0.6) is 5.88 Å². The minimum atomic E-state index is -0.642. The van der Waals surface area contributed by atoms with Crippen molar-refractivity contribution in [2.75, 3.05) is 23.8 Å². The van der Waals surface area contributed by atoms with Crippen LogP contribution in [-0.2, 0) is 4.79 Å². The van der Waals surface area contributed by atoms with E-state index < -0.39 is 5.97 Å². The Hall–Kier alpha value is -3.16. The second-order valence-electron chi connectivity index (χ2n) is 8.57. The van der Waals surface area contributed by atoms with E-state index >= 15 is 0 Å². The molecule has 8 nitrogen and oxygen atoms in total. The Morgan fingerprint density at radius 3 is 2.60 bits per heavy atom. The summed E-state index contributed by atoms with van der Waals surface area (Å²) in [4.78, 5) is 33.9. The number of carbonyl (C=O) groups excluding carboxylic acids is 1. The fraction of sp³-hybridized carbons (Fsp3) is 0.455. The molecule has 0 unspecified atom stereocenters. The van der Waals surface area contributed by atoms with Crippen LogP contribution in [0, 0.1) is 11.3 Å². The van der Waals surface area contributed by atoms with Crippen LogP contribution in [0.25, 0.3) is 0 Å². The molecule has 3 aliphatic rings. The molecule has 0 saturated heterocycles. The molecule has 5 rings (SSSR count). The van der Waals surface area contributed by atoms with Gasteiger partial charge in [-0.3, -0.25) is 9.59 Å². The Morgan fingerprint density at radius 2 is 1.93 bits per heavy atom. The number of nitrogens with zero attached hydrogens (tertiary/aromatic N) is 3. The average molecular weight is 408 g/mol. The van der Waals surface area contributed by atoms with Gasteiger partial charge in [0.25, 0.3) is 5.91 Å². The van der Waals surface area contributed by atoms with Gasteiger partial charge in [0.15, 0.2) is 0 Å². The summed E-state index contributed by atoms with van der Waals surface area (Å²) in [6, 6.07) is 8.06. The lowest BCUT2D eigenvalue weighted by molar-refractivity contribution is -0.139. The van der Waals surface area contributed by atoms with Crippen molar-refractivity contribution in [3.63, 3.8) is 0 Å². The minimum Gasteiger partial charge on any atom is -0.481 e. The summed E-state index contributed by atoms with van der Waals surface area (Å²) in [6.45, 7) is 0.725. The van der Waals surface area contributed by atoms with Crippen molar-refractivity contribution in [2.24, 2.45) is 11.3 Å². The van der Waals surface area contributed by atoms with Gasteiger partial charge >= 0.3 is 5.97 Å². The molecule has 2 saturated carbocycles. The number of hydrogen-bond acceptors (Lipinski definition) is 6. The second-order valence-corrected chi connectivity index (χ2v) is 8.57. The number of benzene rings is 1. The Morgan fingerprint density at radius 1 is 1.20 bits per heavy atom. The third-order valence-corrected chi connectivity index (χ3v) is 7.00. The zero-order chi connectivity index (χ0) is 20.9. The lowest BCUT2D eigenvalue weighted by atomic mass is 9.76. The van der Waals surface area contributed by atoms with Crippen LogP contribution in [0.15, 0.2) is 30.6 Å². The molecular formula is C22H24N4O4. The van der Waals surface area contributed by atoms with Gasteiger partial charge in [-0.15, -0.1) is 0 Å². The Labute approximate surface area is 174 Å². The zero-order valence-corrected chi connectivity index (χ0v) is 16.6. The van der Waals surface area contributed by atoms with E-state index in [1.807, 2.05) is 12.1 Å². The number of carboxylic acid groups (broad SMARTS) is 1. The molecule has 2 aliphatic carbocycles. The molecule has 8 heteroatoms. The fourth-order valence-electron chi connectivity index (χ4n) is 5.11. The number of amides is 1. The molecule has 0 radical (unpaired) electrons. The molecule has 156 valence electrons. The maximum atomic E-state index is 13.0. The van der Waals surface area contributed by atoms with E-state index in [2.05, 4.69) is 22.1 Å². The normalized spacial score (nSPS) is 27.9. The van der Waals surface area contributed by atoms with Gasteiger partial charge < -0.3 is 20.5 Å². The third kappa shape index (κ3) is 3.07. The first-order valence-corrected chi connectivity index (χ1v) is 10.4. The number of nitrogens with two attached hydrogens (primary N) is 1. The van der Waals surface area contributed by atoms with Gasteiger partial charge in [-0.05, 0) is 61.1 Å². The number of nitrogen functional groups attached to an aromatic ring is 1. The monoisotopic (exact) mass is 408 g/mol. The predicted molar refractivity (Wildman–Crippen MR) is 109 cm³/mol. The van der Waals surface area contributed by atoms with Gasteiger partial charge in [0, 0.05) is 5.69 Å². The fourth-order valence-corrected chi connectivity index (χ4v) is 5.11. The van der Waals surface area contributed by atoms with Crippen molar-refractivity contribution in [2.45, 2.75) is 38.0 Å². The SMILES string of the molecule is Nc1ncnc2c1C(=O)N(c1ccc(C3CCC4(CC3)C[C@H]4C(=O)O)cc1)CCO2. The molecular weight excluding hydrogens is 384 g/mol. The van der Waals surface area contributed by atoms with E-state index in [1.54, 1.807) is 4.90 Å². The van der Waals surface area contributed by atoms with E-state index in [9.17, 15) is 14.7 Å². The molecule has 1 amide bonds. The summed E-state index contributed by atoms with van der Waals surface area (Å²) >= 11 is 0. The summed E-state index contributed by atoms with van der Waals surface area (Å²) in [5.74, 6) is -0.270. The highest BCUT2D eigenvalue weighted by molar-refractivity contribution is 6.10. The summed E-state index contributed by atoms with van der Waals surface area (Å²) in [6.07, 6.45) is 6.12. The van der Waals surface area contributed by atoms with Gasteiger partial charge in [-0.2, -0.15) is 0 Å². The van der Waals surface area contributed by atoms with Crippen molar-refractivity contribution in [3.8, 4) is 5.88 Å².